The van der Waals surface area contributed by atoms with Gasteiger partial charge in [0.05, 0.1) is 11.9 Å². The first kappa shape index (κ1) is 20.0. The second-order valence-corrected chi connectivity index (χ2v) is 9.21. The Labute approximate surface area is 176 Å². The van der Waals surface area contributed by atoms with Crippen molar-refractivity contribution in [1.29, 1.82) is 0 Å². The van der Waals surface area contributed by atoms with Crippen molar-refractivity contribution in [1.82, 2.24) is 0 Å². The third kappa shape index (κ3) is 4.16. The highest BCUT2D eigenvalue weighted by atomic mass is 32.2. The summed E-state index contributed by atoms with van der Waals surface area (Å²) in [6.45, 7) is 1.86. The molecule has 7 heteroatoms. The Hall–Kier alpha value is -3.32. The Morgan fingerprint density at radius 3 is 2.33 bits per heavy atom. The van der Waals surface area contributed by atoms with Crippen LogP contribution in [0.3, 0.4) is 0 Å². The van der Waals surface area contributed by atoms with Crippen molar-refractivity contribution in [3.63, 3.8) is 0 Å². The number of amides is 1. The van der Waals surface area contributed by atoms with E-state index in [9.17, 15) is 13.2 Å². The smallest absolute Gasteiger partial charge is 0.255 e. The Morgan fingerprint density at radius 2 is 1.67 bits per heavy atom. The van der Waals surface area contributed by atoms with E-state index in [0.717, 1.165) is 11.3 Å². The summed E-state index contributed by atoms with van der Waals surface area (Å²) < 4.78 is 31.3. The van der Waals surface area contributed by atoms with E-state index in [4.69, 9.17) is 4.74 Å². The third-order valence-electron chi connectivity index (χ3n) is 4.94. The lowest BCUT2D eigenvalue weighted by Crippen LogP contribution is -2.34. The van der Waals surface area contributed by atoms with E-state index in [-0.39, 0.29) is 11.9 Å². The first-order chi connectivity index (χ1) is 14.3. The van der Waals surface area contributed by atoms with Gasteiger partial charge in [0.25, 0.3) is 5.91 Å². The number of rotatable bonds is 5. The van der Waals surface area contributed by atoms with Gasteiger partial charge in [0.1, 0.15) is 11.5 Å². The molecule has 6 nitrogen and oxygen atoms in total. The van der Waals surface area contributed by atoms with Gasteiger partial charge in [-0.1, -0.05) is 18.2 Å². The molecule has 30 heavy (non-hydrogen) atoms. The number of fused-ring (bicyclic) bond motifs is 1. The van der Waals surface area contributed by atoms with Gasteiger partial charge in [-0.25, -0.2) is 8.42 Å². The number of para-hydroxylation sites is 1. The van der Waals surface area contributed by atoms with Gasteiger partial charge in [-0.2, -0.15) is 0 Å². The van der Waals surface area contributed by atoms with E-state index < -0.39 is 10.0 Å². The molecule has 1 aliphatic heterocycles. The lowest BCUT2D eigenvalue weighted by molar-refractivity contribution is 0.102. The van der Waals surface area contributed by atoms with Crippen LogP contribution >= 0.6 is 0 Å². The lowest BCUT2D eigenvalue weighted by Gasteiger charge is -2.21. The number of carbonyl (C=O) groups is 1. The second kappa shape index (κ2) is 7.84. The van der Waals surface area contributed by atoms with E-state index in [2.05, 4.69) is 5.32 Å². The van der Waals surface area contributed by atoms with Crippen LogP contribution in [0.5, 0.6) is 11.5 Å². The molecule has 154 valence electrons. The summed E-state index contributed by atoms with van der Waals surface area (Å²) in [4.78, 5) is 12.7. The van der Waals surface area contributed by atoms with Gasteiger partial charge in [0.15, 0.2) is 0 Å². The number of hydrogen-bond donors (Lipinski definition) is 1. The fourth-order valence-electron chi connectivity index (χ4n) is 3.68. The van der Waals surface area contributed by atoms with Crippen molar-refractivity contribution < 1.29 is 17.9 Å². The Bertz CT molecular complexity index is 1180. The number of ether oxygens (including phenoxy) is 1. The number of sulfonamides is 1. The maximum absolute atomic E-state index is 12.7. The zero-order chi connectivity index (χ0) is 21.3. The summed E-state index contributed by atoms with van der Waals surface area (Å²) in [5, 5.41) is 2.87. The maximum atomic E-state index is 12.7. The third-order valence-corrected chi connectivity index (χ3v) is 6.21. The first-order valence-corrected chi connectivity index (χ1v) is 11.4. The van der Waals surface area contributed by atoms with E-state index in [0.29, 0.717) is 29.1 Å². The topological polar surface area (TPSA) is 75.7 Å². The van der Waals surface area contributed by atoms with Crippen molar-refractivity contribution in [2.45, 2.75) is 19.4 Å². The molecule has 0 aliphatic carbocycles. The highest BCUT2D eigenvalue weighted by molar-refractivity contribution is 7.92. The molecule has 0 fully saturated rings. The van der Waals surface area contributed by atoms with Crippen LogP contribution in [-0.2, 0) is 16.4 Å². The van der Waals surface area contributed by atoms with Gasteiger partial charge >= 0.3 is 0 Å². The van der Waals surface area contributed by atoms with Gasteiger partial charge in [-0.3, -0.25) is 9.10 Å². The zero-order valence-corrected chi connectivity index (χ0v) is 17.5. The van der Waals surface area contributed by atoms with Crippen molar-refractivity contribution in [3.8, 4) is 11.5 Å². The van der Waals surface area contributed by atoms with Crippen molar-refractivity contribution in [2.75, 3.05) is 15.9 Å². The predicted octanol–water partition coefficient (Wildman–Crippen LogP) is 4.44. The fourth-order valence-corrected chi connectivity index (χ4v) is 4.95. The largest absolute Gasteiger partial charge is 0.457 e. The maximum Gasteiger partial charge on any atom is 0.255 e. The summed E-state index contributed by atoms with van der Waals surface area (Å²) in [7, 11) is -3.35. The minimum absolute atomic E-state index is 0.162. The Morgan fingerprint density at radius 1 is 1.00 bits per heavy atom. The fraction of sp³-hybridized carbons (Fsp3) is 0.174. The number of carbonyl (C=O) groups excluding carboxylic acids is 1. The molecule has 1 amide bonds. The molecule has 3 aromatic carbocycles. The summed E-state index contributed by atoms with van der Waals surface area (Å²) in [6.07, 6.45) is 1.78. The lowest BCUT2D eigenvalue weighted by atomic mass is 10.1. The molecule has 1 N–H and O–H groups in total. The number of benzene rings is 3. The second-order valence-electron chi connectivity index (χ2n) is 7.35. The Balaban J connectivity index is 1.46. The van der Waals surface area contributed by atoms with Crippen molar-refractivity contribution in [2.24, 2.45) is 0 Å². The normalized spacial score (nSPS) is 15.5. The molecule has 3 aromatic rings. The summed E-state index contributed by atoms with van der Waals surface area (Å²) in [6, 6.07) is 21.5. The van der Waals surface area contributed by atoms with Gasteiger partial charge in [-0.05, 0) is 73.5 Å². The van der Waals surface area contributed by atoms with Crippen LogP contribution < -0.4 is 14.4 Å². The molecule has 0 spiro atoms. The van der Waals surface area contributed by atoms with Crippen LogP contribution in [0, 0.1) is 0 Å². The van der Waals surface area contributed by atoms with E-state index in [1.54, 1.807) is 42.5 Å². The van der Waals surface area contributed by atoms with E-state index in [1.807, 2.05) is 37.3 Å². The van der Waals surface area contributed by atoms with Gasteiger partial charge in [0, 0.05) is 17.3 Å². The highest BCUT2D eigenvalue weighted by Gasteiger charge is 2.32. The van der Waals surface area contributed by atoms with Crippen molar-refractivity contribution >= 4 is 27.3 Å². The average molecular weight is 423 g/mol. The predicted molar refractivity (Wildman–Crippen MR) is 118 cm³/mol. The standard InChI is InChI=1S/C23H22N2O4S/c1-16-14-18-15-17(8-13-22(18)25(16)30(2,27)28)23(26)24-19-9-11-21(12-10-19)29-20-6-4-3-5-7-20/h3-13,15-16H,14H2,1-2H3,(H,24,26). The molecule has 0 radical (unpaired) electrons. The molecule has 1 heterocycles. The van der Waals surface area contributed by atoms with Gasteiger partial charge in [0.2, 0.25) is 10.0 Å². The minimum atomic E-state index is -3.35. The average Bonchev–Trinajstić information content (AvgIpc) is 3.05. The Kier molecular flexibility index (Phi) is 5.22. The molecule has 0 aromatic heterocycles. The number of nitrogens with zero attached hydrogens (tertiary/aromatic N) is 1. The monoisotopic (exact) mass is 422 g/mol. The van der Waals surface area contributed by atoms with Crippen LogP contribution in [-0.4, -0.2) is 26.6 Å². The van der Waals surface area contributed by atoms with Crippen LogP contribution in [0.15, 0.2) is 72.8 Å². The van der Waals surface area contributed by atoms with Gasteiger partial charge < -0.3 is 10.1 Å². The molecule has 0 saturated heterocycles. The number of nitrogens with one attached hydrogen (secondary N) is 1. The highest BCUT2D eigenvalue weighted by Crippen LogP contribution is 2.35. The minimum Gasteiger partial charge on any atom is -0.457 e. The summed E-state index contributed by atoms with van der Waals surface area (Å²) in [5.74, 6) is 1.16. The molecule has 1 atom stereocenters. The SMILES string of the molecule is CC1Cc2cc(C(=O)Nc3ccc(Oc4ccccc4)cc3)ccc2N1S(C)(=O)=O. The molecule has 1 aliphatic rings. The molecular weight excluding hydrogens is 400 g/mol. The van der Waals surface area contributed by atoms with Crippen LogP contribution in [0.4, 0.5) is 11.4 Å². The quantitative estimate of drug-likeness (QED) is 0.659. The van der Waals surface area contributed by atoms with E-state index in [1.165, 1.54) is 10.6 Å². The molecule has 1 unspecified atom stereocenters. The van der Waals surface area contributed by atoms with Crippen LogP contribution in [0.1, 0.15) is 22.8 Å². The summed E-state index contributed by atoms with van der Waals surface area (Å²) in [5.41, 5.74) is 2.63. The number of anilines is 2. The van der Waals surface area contributed by atoms with E-state index >= 15 is 0 Å². The molecule has 4 rings (SSSR count). The van der Waals surface area contributed by atoms with Gasteiger partial charge in [-0.15, -0.1) is 0 Å². The summed E-state index contributed by atoms with van der Waals surface area (Å²) >= 11 is 0. The zero-order valence-electron chi connectivity index (χ0n) is 16.7. The molecule has 0 bridgehead atoms. The van der Waals surface area contributed by atoms with Crippen LogP contribution in [0.2, 0.25) is 0 Å². The van der Waals surface area contributed by atoms with Crippen molar-refractivity contribution in [3.05, 3.63) is 83.9 Å². The first-order valence-electron chi connectivity index (χ1n) is 9.58. The molecule has 0 saturated carbocycles. The van der Waals surface area contributed by atoms with Crippen LogP contribution in [0.25, 0.3) is 0 Å². The number of hydrogen-bond acceptors (Lipinski definition) is 4. The molecular formula is C23H22N2O4S.